The number of hydrogen-bond donors (Lipinski definition) is 1. The van der Waals surface area contributed by atoms with Gasteiger partial charge in [-0.1, -0.05) is 19.1 Å². The Labute approximate surface area is 121 Å². The van der Waals surface area contributed by atoms with Crippen LogP contribution in [0, 0.1) is 5.92 Å². The molecule has 2 atom stereocenters. The molecule has 1 aromatic carbocycles. The molecule has 1 aliphatic rings. The van der Waals surface area contributed by atoms with Gasteiger partial charge in [-0.25, -0.2) is 0 Å². The van der Waals surface area contributed by atoms with Gasteiger partial charge in [-0.2, -0.15) is 0 Å². The SMILES string of the molecule is CC1CCCN(C(=O)Cc2ccc(N)cc2)C1C.Cl. The Hall–Kier alpha value is -1.22. The second-order valence-electron chi connectivity index (χ2n) is 5.37. The summed E-state index contributed by atoms with van der Waals surface area (Å²) in [4.78, 5) is 14.3. The van der Waals surface area contributed by atoms with Crippen LogP contribution in [0.3, 0.4) is 0 Å². The predicted molar refractivity (Wildman–Crippen MR) is 81.4 cm³/mol. The van der Waals surface area contributed by atoms with Crippen molar-refractivity contribution < 1.29 is 4.79 Å². The lowest BCUT2D eigenvalue weighted by atomic mass is 9.91. The third-order valence-corrected chi connectivity index (χ3v) is 4.03. The smallest absolute Gasteiger partial charge is 0.227 e. The van der Waals surface area contributed by atoms with Gasteiger partial charge in [-0.3, -0.25) is 4.79 Å². The summed E-state index contributed by atoms with van der Waals surface area (Å²) in [6.07, 6.45) is 2.84. The minimum Gasteiger partial charge on any atom is -0.399 e. The topological polar surface area (TPSA) is 46.3 Å². The lowest BCUT2D eigenvalue weighted by molar-refractivity contribution is -0.135. The van der Waals surface area contributed by atoms with Crippen LogP contribution in [0.15, 0.2) is 24.3 Å². The van der Waals surface area contributed by atoms with Crippen molar-refractivity contribution in [3.63, 3.8) is 0 Å². The zero-order valence-corrected chi connectivity index (χ0v) is 12.5. The Balaban J connectivity index is 0.00000180. The molecule has 0 aliphatic carbocycles. The second kappa shape index (κ2) is 6.80. The van der Waals surface area contributed by atoms with E-state index in [4.69, 9.17) is 5.73 Å². The van der Waals surface area contributed by atoms with Gasteiger partial charge in [0.1, 0.15) is 0 Å². The number of likely N-dealkylation sites (tertiary alicyclic amines) is 1. The monoisotopic (exact) mass is 282 g/mol. The van der Waals surface area contributed by atoms with Crippen molar-refractivity contribution >= 4 is 24.0 Å². The molecule has 2 unspecified atom stereocenters. The Morgan fingerprint density at radius 1 is 1.32 bits per heavy atom. The number of anilines is 1. The number of nitrogen functional groups attached to an aromatic ring is 1. The molecule has 1 amide bonds. The number of carbonyl (C=O) groups excluding carboxylic acids is 1. The first-order chi connectivity index (χ1) is 8.58. The molecule has 19 heavy (non-hydrogen) atoms. The molecule has 0 aromatic heterocycles. The van der Waals surface area contributed by atoms with Crippen molar-refractivity contribution in [2.75, 3.05) is 12.3 Å². The molecule has 1 aromatic rings. The van der Waals surface area contributed by atoms with Crippen LogP contribution in [-0.2, 0) is 11.2 Å². The lowest BCUT2D eigenvalue weighted by Crippen LogP contribution is -2.46. The molecule has 2 N–H and O–H groups in total. The number of piperidine rings is 1. The van der Waals surface area contributed by atoms with Gasteiger partial charge in [0.25, 0.3) is 0 Å². The third kappa shape index (κ3) is 3.87. The number of hydrogen-bond acceptors (Lipinski definition) is 2. The molecule has 3 nitrogen and oxygen atoms in total. The van der Waals surface area contributed by atoms with Gasteiger partial charge in [0.05, 0.1) is 6.42 Å². The summed E-state index contributed by atoms with van der Waals surface area (Å²) in [5.74, 6) is 0.841. The molecule has 106 valence electrons. The molecule has 2 rings (SSSR count). The fourth-order valence-electron chi connectivity index (χ4n) is 2.60. The Bertz CT molecular complexity index is 419. The summed E-state index contributed by atoms with van der Waals surface area (Å²) in [5, 5.41) is 0. The molecule has 1 fully saturated rings. The van der Waals surface area contributed by atoms with Crippen LogP contribution in [0.1, 0.15) is 32.3 Å². The number of nitrogens with zero attached hydrogens (tertiary/aromatic N) is 1. The molecule has 1 aliphatic heterocycles. The standard InChI is InChI=1S/C15H22N2O.ClH/c1-11-4-3-9-17(12(11)2)15(18)10-13-5-7-14(16)8-6-13;/h5-8,11-12H,3-4,9-10,16H2,1-2H3;1H. The molecule has 0 saturated carbocycles. The lowest BCUT2D eigenvalue weighted by Gasteiger charge is -2.38. The van der Waals surface area contributed by atoms with E-state index in [1.165, 1.54) is 6.42 Å². The van der Waals surface area contributed by atoms with Crippen LogP contribution >= 0.6 is 12.4 Å². The van der Waals surface area contributed by atoms with Gasteiger partial charge < -0.3 is 10.6 Å². The third-order valence-electron chi connectivity index (χ3n) is 4.03. The van der Waals surface area contributed by atoms with Crippen LogP contribution < -0.4 is 5.73 Å². The predicted octanol–water partition coefficient (Wildman–Crippen LogP) is 2.88. The minimum atomic E-state index is 0. The summed E-state index contributed by atoms with van der Waals surface area (Å²) in [6.45, 7) is 5.29. The molecular formula is C15H23ClN2O. The highest BCUT2D eigenvalue weighted by atomic mass is 35.5. The van der Waals surface area contributed by atoms with E-state index in [1.54, 1.807) is 0 Å². The fourth-order valence-corrected chi connectivity index (χ4v) is 2.60. The van der Waals surface area contributed by atoms with E-state index >= 15 is 0 Å². The van der Waals surface area contributed by atoms with E-state index in [0.717, 1.165) is 24.2 Å². The van der Waals surface area contributed by atoms with Gasteiger partial charge in [0.15, 0.2) is 0 Å². The molecule has 1 saturated heterocycles. The van der Waals surface area contributed by atoms with Crippen molar-refractivity contribution in [3.8, 4) is 0 Å². The van der Waals surface area contributed by atoms with Gasteiger partial charge in [0.2, 0.25) is 5.91 Å². The summed E-state index contributed by atoms with van der Waals surface area (Å²) in [5.41, 5.74) is 7.43. The number of nitrogens with two attached hydrogens (primary N) is 1. The summed E-state index contributed by atoms with van der Waals surface area (Å²) in [6, 6.07) is 7.94. The van der Waals surface area contributed by atoms with Gasteiger partial charge >= 0.3 is 0 Å². The van der Waals surface area contributed by atoms with Crippen LogP contribution in [-0.4, -0.2) is 23.4 Å². The highest BCUT2D eigenvalue weighted by molar-refractivity contribution is 5.85. The number of amides is 1. The largest absolute Gasteiger partial charge is 0.399 e. The molecular weight excluding hydrogens is 260 g/mol. The summed E-state index contributed by atoms with van der Waals surface area (Å²) < 4.78 is 0. The van der Waals surface area contributed by atoms with Crippen molar-refractivity contribution in [1.29, 1.82) is 0 Å². The zero-order valence-electron chi connectivity index (χ0n) is 11.6. The van der Waals surface area contributed by atoms with Gasteiger partial charge in [-0.15, -0.1) is 12.4 Å². The minimum absolute atomic E-state index is 0. The van der Waals surface area contributed by atoms with Crippen LogP contribution in [0.25, 0.3) is 0 Å². The Morgan fingerprint density at radius 3 is 2.58 bits per heavy atom. The molecule has 4 heteroatoms. The second-order valence-corrected chi connectivity index (χ2v) is 5.37. The number of halogens is 1. The van der Waals surface area contributed by atoms with Crippen LogP contribution in [0.4, 0.5) is 5.69 Å². The van der Waals surface area contributed by atoms with Crippen molar-refractivity contribution in [3.05, 3.63) is 29.8 Å². The van der Waals surface area contributed by atoms with Crippen LogP contribution in [0.2, 0.25) is 0 Å². The van der Waals surface area contributed by atoms with Crippen molar-refractivity contribution in [2.24, 2.45) is 5.92 Å². The summed E-state index contributed by atoms with van der Waals surface area (Å²) >= 11 is 0. The molecule has 0 spiro atoms. The fraction of sp³-hybridized carbons (Fsp3) is 0.533. The van der Waals surface area contributed by atoms with Gasteiger partial charge in [-0.05, 0) is 43.4 Å². The molecule has 0 bridgehead atoms. The highest BCUT2D eigenvalue weighted by Gasteiger charge is 2.27. The number of benzene rings is 1. The quantitative estimate of drug-likeness (QED) is 0.848. The van der Waals surface area contributed by atoms with E-state index < -0.39 is 0 Å². The maximum absolute atomic E-state index is 12.3. The first-order valence-corrected chi connectivity index (χ1v) is 6.72. The number of carbonyl (C=O) groups is 1. The maximum Gasteiger partial charge on any atom is 0.227 e. The van der Waals surface area contributed by atoms with E-state index in [-0.39, 0.29) is 18.3 Å². The first kappa shape index (κ1) is 15.8. The Kier molecular flexibility index (Phi) is 5.67. The highest BCUT2D eigenvalue weighted by Crippen LogP contribution is 2.23. The van der Waals surface area contributed by atoms with E-state index in [0.29, 0.717) is 18.4 Å². The van der Waals surface area contributed by atoms with E-state index in [1.807, 2.05) is 29.2 Å². The molecule has 1 heterocycles. The van der Waals surface area contributed by atoms with Crippen molar-refractivity contribution in [2.45, 2.75) is 39.2 Å². The van der Waals surface area contributed by atoms with E-state index in [9.17, 15) is 4.79 Å². The normalized spacial score (nSPS) is 22.7. The van der Waals surface area contributed by atoms with Crippen molar-refractivity contribution in [1.82, 2.24) is 4.90 Å². The van der Waals surface area contributed by atoms with E-state index in [2.05, 4.69) is 13.8 Å². The average Bonchev–Trinajstić information content (AvgIpc) is 2.35. The molecule has 0 radical (unpaired) electrons. The Morgan fingerprint density at radius 2 is 1.95 bits per heavy atom. The first-order valence-electron chi connectivity index (χ1n) is 6.72. The van der Waals surface area contributed by atoms with Gasteiger partial charge in [0, 0.05) is 18.3 Å². The zero-order chi connectivity index (χ0) is 13.1. The average molecular weight is 283 g/mol. The van der Waals surface area contributed by atoms with Crippen LogP contribution in [0.5, 0.6) is 0 Å². The number of rotatable bonds is 2. The summed E-state index contributed by atoms with van der Waals surface area (Å²) in [7, 11) is 0. The maximum atomic E-state index is 12.3.